The van der Waals surface area contributed by atoms with Gasteiger partial charge in [0.1, 0.15) is 28.2 Å². The number of amides is 1. The van der Waals surface area contributed by atoms with Crippen LogP contribution in [0.15, 0.2) is 45.6 Å². The van der Waals surface area contributed by atoms with Crippen LogP contribution in [0.2, 0.25) is 0 Å². The second-order valence-electron chi connectivity index (χ2n) is 5.80. The number of nitrogens with two attached hydrogens (primary N) is 1. The monoisotopic (exact) mass is 385 g/mol. The second-order valence-corrected chi connectivity index (χ2v) is 5.80. The van der Waals surface area contributed by atoms with Crippen molar-refractivity contribution < 1.29 is 28.2 Å². The number of carbonyl (C=O) groups excluding carboxylic acids is 1. The molecule has 0 aliphatic carbocycles. The number of hydrogen-bond acceptors (Lipinski definition) is 7. The van der Waals surface area contributed by atoms with Gasteiger partial charge >= 0.3 is 0 Å². The molecule has 8 nitrogen and oxygen atoms in total. The number of rotatable bonds is 7. The predicted octanol–water partition coefficient (Wildman–Crippen LogP) is 2.35. The van der Waals surface area contributed by atoms with Crippen molar-refractivity contribution >= 4 is 16.9 Å². The van der Waals surface area contributed by atoms with Crippen molar-refractivity contribution in [1.82, 2.24) is 0 Å². The Hall–Kier alpha value is -3.68. The maximum absolute atomic E-state index is 12.7. The van der Waals surface area contributed by atoms with Gasteiger partial charge < -0.3 is 29.1 Å². The third-order valence-electron chi connectivity index (χ3n) is 4.04. The smallest absolute Gasteiger partial charge is 0.255 e. The maximum Gasteiger partial charge on any atom is 0.255 e. The van der Waals surface area contributed by atoms with E-state index in [0.717, 1.165) is 0 Å². The van der Waals surface area contributed by atoms with Crippen molar-refractivity contribution in [3.05, 3.63) is 46.6 Å². The summed E-state index contributed by atoms with van der Waals surface area (Å²) in [6, 6.07) is 9.54. The summed E-state index contributed by atoms with van der Waals surface area (Å²) in [5.74, 6) is 1.31. The van der Waals surface area contributed by atoms with Crippen molar-refractivity contribution in [2.75, 3.05) is 27.9 Å². The van der Waals surface area contributed by atoms with Crippen LogP contribution in [0.3, 0.4) is 0 Å². The zero-order valence-corrected chi connectivity index (χ0v) is 15.6. The molecule has 0 saturated heterocycles. The highest BCUT2D eigenvalue weighted by atomic mass is 16.5. The Morgan fingerprint density at radius 3 is 2.32 bits per heavy atom. The summed E-state index contributed by atoms with van der Waals surface area (Å²) in [7, 11) is 4.48. The van der Waals surface area contributed by atoms with Gasteiger partial charge in [-0.05, 0) is 18.2 Å². The van der Waals surface area contributed by atoms with Crippen LogP contribution in [0, 0.1) is 0 Å². The van der Waals surface area contributed by atoms with Gasteiger partial charge in [-0.2, -0.15) is 0 Å². The fraction of sp³-hybridized carbons (Fsp3) is 0.200. The molecule has 0 aliphatic heterocycles. The van der Waals surface area contributed by atoms with Crippen LogP contribution in [-0.4, -0.2) is 33.8 Å². The van der Waals surface area contributed by atoms with Gasteiger partial charge in [0.2, 0.25) is 0 Å². The first kappa shape index (κ1) is 19.1. The Bertz CT molecular complexity index is 1090. The average Bonchev–Trinajstić information content (AvgIpc) is 2.70. The quantitative estimate of drug-likeness (QED) is 0.665. The average molecular weight is 385 g/mol. The molecule has 0 bridgehead atoms. The van der Waals surface area contributed by atoms with E-state index in [1.165, 1.54) is 39.5 Å². The molecule has 3 rings (SSSR count). The lowest BCUT2D eigenvalue weighted by Gasteiger charge is -2.11. The first-order chi connectivity index (χ1) is 13.5. The van der Waals surface area contributed by atoms with E-state index in [1.54, 1.807) is 18.2 Å². The number of benzene rings is 2. The summed E-state index contributed by atoms with van der Waals surface area (Å²) in [5, 5.41) is 0.262. The van der Waals surface area contributed by atoms with Gasteiger partial charge in [-0.1, -0.05) is 0 Å². The topological polar surface area (TPSA) is 110 Å². The third-order valence-corrected chi connectivity index (χ3v) is 4.04. The summed E-state index contributed by atoms with van der Waals surface area (Å²) in [6.07, 6.45) is 0. The molecule has 8 heteroatoms. The Balaban J connectivity index is 2.15. The second kappa shape index (κ2) is 7.91. The van der Waals surface area contributed by atoms with E-state index in [0.29, 0.717) is 22.8 Å². The SMILES string of the molecule is COc1ccc(-c2cc(=O)c3c(OC)cc(OCC(N)=O)cc3o2)cc1OC. The summed E-state index contributed by atoms with van der Waals surface area (Å²) in [4.78, 5) is 23.7. The van der Waals surface area contributed by atoms with Crippen LogP contribution in [-0.2, 0) is 4.79 Å². The molecule has 1 amide bonds. The van der Waals surface area contributed by atoms with Gasteiger partial charge in [0.05, 0.1) is 21.3 Å². The number of hydrogen-bond donors (Lipinski definition) is 1. The molecule has 0 atom stereocenters. The first-order valence-corrected chi connectivity index (χ1v) is 8.26. The van der Waals surface area contributed by atoms with Gasteiger partial charge in [0, 0.05) is 23.8 Å². The zero-order valence-electron chi connectivity index (χ0n) is 15.6. The van der Waals surface area contributed by atoms with Crippen LogP contribution in [0.4, 0.5) is 0 Å². The highest BCUT2D eigenvalue weighted by Gasteiger charge is 2.15. The molecular weight excluding hydrogens is 366 g/mol. The van der Waals surface area contributed by atoms with Gasteiger partial charge in [-0.25, -0.2) is 0 Å². The molecule has 0 fully saturated rings. The van der Waals surface area contributed by atoms with Crippen molar-refractivity contribution in [3.63, 3.8) is 0 Å². The van der Waals surface area contributed by atoms with Crippen LogP contribution < -0.4 is 30.1 Å². The molecule has 1 heterocycles. The molecule has 0 aliphatic rings. The standard InChI is InChI=1S/C20H19NO7/c1-24-14-5-4-11(6-16(14)25-2)15-9-13(22)20-17(26-3)7-12(8-18(20)28-15)27-10-19(21)23/h4-9H,10H2,1-3H3,(H2,21,23). The molecule has 3 aromatic rings. The van der Waals surface area contributed by atoms with Gasteiger partial charge in [0.15, 0.2) is 23.5 Å². The molecular formula is C20H19NO7. The highest BCUT2D eigenvalue weighted by Crippen LogP contribution is 2.35. The highest BCUT2D eigenvalue weighted by molar-refractivity contribution is 5.86. The first-order valence-electron chi connectivity index (χ1n) is 8.26. The number of ether oxygens (including phenoxy) is 4. The van der Waals surface area contributed by atoms with Crippen LogP contribution >= 0.6 is 0 Å². The summed E-state index contributed by atoms with van der Waals surface area (Å²) < 4.78 is 27.0. The molecule has 1 aromatic heterocycles. The molecule has 2 N–H and O–H groups in total. The number of fused-ring (bicyclic) bond motifs is 1. The molecule has 146 valence electrons. The molecule has 0 radical (unpaired) electrons. The minimum absolute atomic E-state index is 0.246. The number of carbonyl (C=O) groups is 1. The molecule has 0 unspecified atom stereocenters. The lowest BCUT2D eigenvalue weighted by Crippen LogP contribution is -2.20. The normalized spacial score (nSPS) is 10.5. The Kier molecular flexibility index (Phi) is 5.39. The summed E-state index contributed by atoms with van der Waals surface area (Å²) >= 11 is 0. The van der Waals surface area contributed by atoms with Crippen LogP contribution in [0.1, 0.15) is 0 Å². The van der Waals surface area contributed by atoms with Gasteiger partial charge in [-0.15, -0.1) is 0 Å². The minimum atomic E-state index is -0.625. The van der Waals surface area contributed by atoms with E-state index in [9.17, 15) is 9.59 Å². The summed E-state index contributed by atoms with van der Waals surface area (Å²) in [5.41, 5.74) is 5.69. The fourth-order valence-electron chi connectivity index (χ4n) is 2.76. The van der Waals surface area contributed by atoms with E-state index >= 15 is 0 Å². The van der Waals surface area contributed by atoms with Crippen molar-refractivity contribution in [2.45, 2.75) is 0 Å². The largest absolute Gasteiger partial charge is 0.496 e. The third kappa shape index (κ3) is 3.71. The fourth-order valence-corrected chi connectivity index (χ4v) is 2.76. The van der Waals surface area contributed by atoms with Gasteiger partial charge in [-0.3, -0.25) is 9.59 Å². The van der Waals surface area contributed by atoms with E-state index in [-0.39, 0.29) is 34.5 Å². The maximum atomic E-state index is 12.7. The lowest BCUT2D eigenvalue weighted by molar-refractivity contribution is -0.119. The van der Waals surface area contributed by atoms with Crippen LogP contribution in [0.5, 0.6) is 23.0 Å². The molecule has 0 saturated carbocycles. The Morgan fingerprint density at radius 1 is 0.964 bits per heavy atom. The van der Waals surface area contributed by atoms with E-state index in [1.807, 2.05) is 0 Å². The van der Waals surface area contributed by atoms with E-state index in [4.69, 9.17) is 29.1 Å². The lowest BCUT2D eigenvalue weighted by atomic mass is 10.1. The summed E-state index contributed by atoms with van der Waals surface area (Å²) in [6.45, 7) is -0.311. The van der Waals surface area contributed by atoms with E-state index in [2.05, 4.69) is 0 Å². The molecule has 28 heavy (non-hydrogen) atoms. The van der Waals surface area contributed by atoms with Crippen LogP contribution in [0.25, 0.3) is 22.3 Å². The number of primary amides is 1. The predicted molar refractivity (Wildman–Crippen MR) is 102 cm³/mol. The Morgan fingerprint density at radius 2 is 1.68 bits per heavy atom. The molecule has 2 aromatic carbocycles. The molecule has 0 spiro atoms. The zero-order chi connectivity index (χ0) is 20.3. The van der Waals surface area contributed by atoms with Gasteiger partial charge in [0.25, 0.3) is 5.91 Å². The van der Waals surface area contributed by atoms with Crippen molar-refractivity contribution in [1.29, 1.82) is 0 Å². The Labute approximate surface area is 160 Å². The van der Waals surface area contributed by atoms with Crippen molar-refractivity contribution in [2.24, 2.45) is 5.73 Å². The van der Waals surface area contributed by atoms with E-state index < -0.39 is 5.91 Å². The minimum Gasteiger partial charge on any atom is -0.496 e. The number of methoxy groups -OCH3 is 3. The van der Waals surface area contributed by atoms with Crippen molar-refractivity contribution in [3.8, 4) is 34.3 Å².